The van der Waals surface area contributed by atoms with Crippen LogP contribution in [0.25, 0.3) is 0 Å². The van der Waals surface area contributed by atoms with Gasteiger partial charge in [-0.2, -0.15) is 0 Å². The summed E-state index contributed by atoms with van der Waals surface area (Å²) >= 11 is 7.42. The van der Waals surface area contributed by atoms with Gasteiger partial charge in [-0.3, -0.25) is 10.1 Å². The minimum atomic E-state index is 0.0595. The number of anilines is 1. The summed E-state index contributed by atoms with van der Waals surface area (Å²) in [6, 6.07) is 7.80. The van der Waals surface area contributed by atoms with Crippen molar-refractivity contribution < 1.29 is 9.69 Å². The number of nitrogens with zero attached hydrogens (tertiary/aromatic N) is 1. The molecule has 0 saturated carbocycles. The van der Waals surface area contributed by atoms with E-state index in [1.54, 1.807) is 0 Å². The smallest absolute Gasteiger partial charge is 0.281 e. The highest BCUT2D eigenvalue weighted by molar-refractivity contribution is 7.15. The van der Waals surface area contributed by atoms with Gasteiger partial charge in [-0.25, -0.2) is 4.98 Å². The zero-order valence-electron chi connectivity index (χ0n) is 12.3. The molecule has 0 bridgehead atoms. The number of hydrogen-bond acceptors (Lipinski definition) is 3. The highest BCUT2D eigenvalue weighted by Crippen LogP contribution is 2.21. The van der Waals surface area contributed by atoms with Crippen molar-refractivity contribution in [2.24, 2.45) is 0 Å². The van der Waals surface area contributed by atoms with E-state index in [2.05, 4.69) is 10.3 Å². The summed E-state index contributed by atoms with van der Waals surface area (Å²) in [5.74, 6) is 0.0595. The van der Waals surface area contributed by atoms with Gasteiger partial charge in [0.1, 0.15) is 0 Å². The van der Waals surface area contributed by atoms with Gasteiger partial charge < -0.3 is 4.90 Å². The topological polar surface area (TPSA) is 46.4 Å². The number of hydrogen-bond donors (Lipinski definition) is 2. The van der Waals surface area contributed by atoms with Crippen molar-refractivity contribution in [3.05, 3.63) is 45.9 Å². The third kappa shape index (κ3) is 4.29. The molecule has 1 aromatic carbocycles. The van der Waals surface area contributed by atoms with Crippen LogP contribution < -0.4 is 10.2 Å². The summed E-state index contributed by atoms with van der Waals surface area (Å²) in [6.07, 6.45) is 5.09. The lowest BCUT2D eigenvalue weighted by molar-refractivity contribution is -0.878. The molecule has 22 heavy (non-hydrogen) atoms. The molecule has 0 spiro atoms. The van der Waals surface area contributed by atoms with E-state index in [4.69, 9.17) is 11.6 Å². The van der Waals surface area contributed by atoms with Crippen molar-refractivity contribution in [1.82, 2.24) is 4.98 Å². The molecule has 1 fully saturated rings. The number of quaternary nitrogens is 1. The number of carbonyl (C=O) groups excluding carboxylic acids is 1. The maximum absolute atomic E-state index is 12.0. The summed E-state index contributed by atoms with van der Waals surface area (Å²) in [4.78, 5) is 18.8. The molecule has 1 aliphatic rings. The third-order valence-corrected chi connectivity index (χ3v) is 4.98. The third-order valence-electron chi connectivity index (χ3n) is 3.81. The Morgan fingerprint density at radius 3 is 2.73 bits per heavy atom. The quantitative estimate of drug-likeness (QED) is 0.877. The van der Waals surface area contributed by atoms with Gasteiger partial charge in [0.05, 0.1) is 13.1 Å². The Labute approximate surface area is 139 Å². The van der Waals surface area contributed by atoms with Gasteiger partial charge in [0.15, 0.2) is 11.7 Å². The van der Waals surface area contributed by atoms with E-state index in [-0.39, 0.29) is 5.91 Å². The molecule has 1 saturated heterocycles. The molecule has 0 atom stereocenters. The fourth-order valence-corrected chi connectivity index (χ4v) is 3.68. The van der Waals surface area contributed by atoms with Crippen LogP contribution in [0.3, 0.4) is 0 Å². The SMILES string of the molecule is O=C(C[NH+]1CCCC1)Nc1ncc(Cc2ccc(Cl)cc2)s1. The van der Waals surface area contributed by atoms with Crippen molar-refractivity contribution in [2.75, 3.05) is 25.0 Å². The fourth-order valence-electron chi connectivity index (χ4n) is 2.69. The van der Waals surface area contributed by atoms with Gasteiger partial charge in [-0.1, -0.05) is 23.7 Å². The number of likely N-dealkylation sites (tertiary alicyclic amines) is 1. The Balaban J connectivity index is 1.54. The second-order valence-corrected chi connectivity index (χ2v) is 7.17. The van der Waals surface area contributed by atoms with Crippen LogP contribution in [0.2, 0.25) is 5.02 Å². The number of benzene rings is 1. The first kappa shape index (κ1) is 15.5. The molecule has 0 unspecified atom stereocenters. The van der Waals surface area contributed by atoms with Crippen molar-refractivity contribution in [3.63, 3.8) is 0 Å². The van der Waals surface area contributed by atoms with Crippen LogP contribution in [-0.2, 0) is 11.2 Å². The molecule has 3 rings (SSSR count). The minimum Gasteiger partial charge on any atom is -0.327 e. The number of amides is 1. The van der Waals surface area contributed by atoms with E-state index >= 15 is 0 Å². The first-order valence-electron chi connectivity index (χ1n) is 7.51. The molecule has 1 amide bonds. The molecule has 1 aliphatic heterocycles. The number of aromatic nitrogens is 1. The van der Waals surface area contributed by atoms with Gasteiger partial charge in [0, 0.05) is 35.4 Å². The van der Waals surface area contributed by atoms with E-state index < -0.39 is 0 Å². The highest BCUT2D eigenvalue weighted by atomic mass is 35.5. The Hall–Kier alpha value is -1.43. The van der Waals surface area contributed by atoms with Crippen molar-refractivity contribution in [1.29, 1.82) is 0 Å². The van der Waals surface area contributed by atoms with E-state index in [0.717, 1.165) is 29.4 Å². The van der Waals surface area contributed by atoms with Gasteiger partial charge in [-0.05, 0) is 17.7 Å². The Kier molecular flexibility index (Phi) is 5.08. The van der Waals surface area contributed by atoms with Crippen LogP contribution in [0.15, 0.2) is 30.5 Å². The molecule has 0 radical (unpaired) electrons. The number of carbonyl (C=O) groups is 1. The van der Waals surface area contributed by atoms with E-state index in [9.17, 15) is 4.79 Å². The first-order chi connectivity index (χ1) is 10.7. The molecule has 2 heterocycles. The number of thiazole rings is 1. The Bertz CT molecular complexity index is 635. The van der Waals surface area contributed by atoms with Gasteiger partial charge in [-0.15, -0.1) is 11.3 Å². The standard InChI is InChI=1S/C16H18ClN3OS/c17-13-5-3-12(4-6-13)9-14-10-18-16(22-14)19-15(21)11-20-7-1-2-8-20/h3-6,10H,1-2,7-9,11H2,(H,18,19,21)/p+1. The Morgan fingerprint density at radius 2 is 2.00 bits per heavy atom. The minimum absolute atomic E-state index is 0.0595. The number of rotatable bonds is 5. The van der Waals surface area contributed by atoms with Crippen LogP contribution in [0.4, 0.5) is 5.13 Å². The van der Waals surface area contributed by atoms with Crippen LogP contribution >= 0.6 is 22.9 Å². The first-order valence-corrected chi connectivity index (χ1v) is 8.71. The predicted molar refractivity (Wildman–Crippen MR) is 89.8 cm³/mol. The van der Waals surface area contributed by atoms with Crippen LogP contribution in [0.5, 0.6) is 0 Å². The van der Waals surface area contributed by atoms with E-state index in [0.29, 0.717) is 11.7 Å². The van der Waals surface area contributed by atoms with Crippen molar-refractivity contribution in [3.8, 4) is 0 Å². The predicted octanol–water partition coefficient (Wildman–Crippen LogP) is 2.00. The van der Waals surface area contributed by atoms with Gasteiger partial charge >= 0.3 is 0 Å². The molecule has 1 aromatic heterocycles. The second kappa shape index (κ2) is 7.22. The summed E-state index contributed by atoms with van der Waals surface area (Å²) in [6.45, 7) is 2.76. The van der Waals surface area contributed by atoms with E-state index in [1.165, 1.54) is 34.6 Å². The summed E-state index contributed by atoms with van der Waals surface area (Å²) in [5.41, 5.74) is 1.19. The largest absolute Gasteiger partial charge is 0.327 e. The summed E-state index contributed by atoms with van der Waals surface area (Å²) in [7, 11) is 0. The average molecular weight is 337 g/mol. The monoisotopic (exact) mass is 336 g/mol. The average Bonchev–Trinajstić information content (AvgIpc) is 3.14. The highest BCUT2D eigenvalue weighted by Gasteiger charge is 2.19. The molecular weight excluding hydrogens is 318 g/mol. The molecular formula is C16H19ClN3OS+. The fraction of sp³-hybridized carbons (Fsp3) is 0.375. The second-order valence-electron chi connectivity index (χ2n) is 5.62. The number of nitrogens with one attached hydrogen (secondary N) is 2. The molecule has 0 aliphatic carbocycles. The normalized spacial score (nSPS) is 15.1. The van der Waals surface area contributed by atoms with Crippen LogP contribution in [-0.4, -0.2) is 30.5 Å². The molecule has 4 nitrogen and oxygen atoms in total. The van der Waals surface area contributed by atoms with Crippen molar-refractivity contribution in [2.45, 2.75) is 19.3 Å². The van der Waals surface area contributed by atoms with Gasteiger partial charge in [0.2, 0.25) is 0 Å². The lowest BCUT2D eigenvalue weighted by atomic mass is 10.1. The molecule has 2 N–H and O–H groups in total. The maximum atomic E-state index is 12.0. The zero-order chi connectivity index (χ0) is 15.4. The van der Waals surface area contributed by atoms with Crippen LogP contribution in [0, 0.1) is 0 Å². The van der Waals surface area contributed by atoms with Gasteiger partial charge in [0.25, 0.3) is 5.91 Å². The van der Waals surface area contributed by atoms with Crippen molar-refractivity contribution >= 4 is 34.0 Å². The maximum Gasteiger partial charge on any atom is 0.281 e. The molecule has 2 aromatic rings. The number of halogens is 1. The van der Waals surface area contributed by atoms with E-state index in [1.807, 2.05) is 30.5 Å². The lowest BCUT2D eigenvalue weighted by Gasteiger charge is -2.10. The Morgan fingerprint density at radius 1 is 1.27 bits per heavy atom. The molecule has 6 heteroatoms. The summed E-state index contributed by atoms with van der Waals surface area (Å²) < 4.78 is 0. The lowest BCUT2D eigenvalue weighted by Crippen LogP contribution is -3.11. The summed E-state index contributed by atoms with van der Waals surface area (Å²) in [5, 5.41) is 4.34. The van der Waals surface area contributed by atoms with Crippen LogP contribution in [0.1, 0.15) is 23.3 Å². The molecule has 116 valence electrons. The zero-order valence-corrected chi connectivity index (χ0v) is 13.8.